The Hall–Kier alpha value is -2.32. The molecular formula is C15H16N6OS. The summed E-state index contributed by atoms with van der Waals surface area (Å²) in [6.45, 7) is 2.19. The number of nitrogens with one attached hydrogen (secondary N) is 2. The molecule has 1 amide bonds. The number of likely N-dealkylation sites (N-methyl/N-ethyl adjacent to an activating group) is 1. The minimum absolute atomic E-state index is 0.144. The maximum Gasteiger partial charge on any atom is 0.272 e. The van der Waals surface area contributed by atoms with Crippen LogP contribution in [0.2, 0.25) is 0 Å². The Labute approximate surface area is 137 Å². The molecule has 3 aromatic rings. The molecular weight excluding hydrogens is 312 g/mol. The Kier molecular flexibility index (Phi) is 3.55. The zero-order valence-electron chi connectivity index (χ0n) is 12.7. The highest BCUT2D eigenvalue weighted by molar-refractivity contribution is 7.00. The van der Waals surface area contributed by atoms with Crippen molar-refractivity contribution in [1.29, 1.82) is 0 Å². The summed E-state index contributed by atoms with van der Waals surface area (Å²) in [6.07, 6.45) is 0.902. The molecule has 8 heteroatoms. The predicted molar refractivity (Wildman–Crippen MR) is 87.2 cm³/mol. The fourth-order valence-electron chi connectivity index (χ4n) is 2.82. The van der Waals surface area contributed by atoms with Crippen molar-refractivity contribution in [2.45, 2.75) is 19.5 Å². The quantitative estimate of drug-likeness (QED) is 0.757. The predicted octanol–water partition coefficient (Wildman–Crippen LogP) is 1.33. The Bertz CT molecular complexity index is 870. The number of H-pyrrole nitrogens is 1. The number of aromatic amines is 1. The van der Waals surface area contributed by atoms with Crippen LogP contribution in [0.1, 0.15) is 27.3 Å². The van der Waals surface area contributed by atoms with Gasteiger partial charge in [-0.15, -0.1) is 0 Å². The Morgan fingerprint density at radius 3 is 3.17 bits per heavy atom. The number of aromatic nitrogens is 4. The first-order valence-electron chi connectivity index (χ1n) is 7.45. The van der Waals surface area contributed by atoms with Crippen LogP contribution in [0.4, 0.5) is 0 Å². The van der Waals surface area contributed by atoms with Crippen LogP contribution in [0, 0.1) is 0 Å². The van der Waals surface area contributed by atoms with E-state index in [0.717, 1.165) is 47.4 Å². The Balaban J connectivity index is 1.49. The smallest absolute Gasteiger partial charge is 0.272 e. The summed E-state index contributed by atoms with van der Waals surface area (Å²) < 4.78 is 8.39. The molecule has 4 rings (SSSR count). The molecule has 0 bridgehead atoms. The number of benzene rings is 1. The van der Waals surface area contributed by atoms with E-state index in [4.69, 9.17) is 0 Å². The minimum Gasteiger partial charge on any atom is -0.347 e. The van der Waals surface area contributed by atoms with Gasteiger partial charge in [0.25, 0.3) is 5.91 Å². The monoisotopic (exact) mass is 328 g/mol. The van der Waals surface area contributed by atoms with Crippen molar-refractivity contribution in [2.24, 2.45) is 0 Å². The maximum atomic E-state index is 12.4. The first kappa shape index (κ1) is 14.3. The Morgan fingerprint density at radius 2 is 2.26 bits per heavy atom. The molecule has 7 nitrogen and oxygen atoms in total. The van der Waals surface area contributed by atoms with Gasteiger partial charge in [0.1, 0.15) is 11.0 Å². The van der Waals surface area contributed by atoms with Gasteiger partial charge in [-0.1, -0.05) is 6.07 Å². The van der Waals surface area contributed by atoms with Gasteiger partial charge in [0.05, 0.1) is 11.7 Å². The van der Waals surface area contributed by atoms with Crippen molar-refractivity contribution < 1.29 is 4.79 Å². The number of carbonyl (C=O) groups is 1. The molecule has 1 aliphatic heterocycles. The highest BCUT2D eigenvalue weighted by Crippen LogP contribution is 2.19. The molecule has 0 unspecified atom stereocenters. The van der Waals surface area contributed by atoms with Crippen LogP contribution in [-0.4, -0.2) is 43.3 Å². The summed E-state index contributed by atoms with van der Waals surface area (Å²) in [5, 5.41) is 10.1. The fraction of sp³-hybridized carbons (Fsp3) is 0.333. The largest absolute Gasteiger partial charge is 0.347 e. The molecule has 0 atom stereocenters. The summed E-state index contributed by atoms with van der Waals surface area (Å²) in [6, 6.07) is 5.83. The molecule has 0 aliphatic carbocycles. The van der Waals surface area contributed by atoms with E-state index >= 15 is 0 Å². The van der Waals surface area contributed by atoms with E-state index in [9.17, 15) is 4.79 Å². The van der Waals surface area contributed by atoms with E-state index in [2.05, 4.69) is 36.2 Å². The number of fused-ring (bicyclic) bond motifs is 2. The van der Waals surface area contributed by atoms with Crippen LogP contribution < -0.4 is 5.32 Å². The van der Waals surface area contributed by atoms with Crippen molar-refractivity contribution in [3.63, 3.8) is 0 Å². The number of rotatable bonds is 3. The standard InChI is InChI=1S/C15H16N6OS/c1-21-5-4-11-10(8-21)14(18-17-11)15(22)16-7-9-2-3-12-13(6-9)20-23-19-12/h2-3,6H,4-5,7-8H2,1H3,(H,16,22)(H,17,18). The van der Waals surface area contributed by atoms with Crippen molar-refractivity contribution >= 4 is 28.7 Å². The van der Waals surface area contributed by atoms with Crippen molar-refractivity contribution in [3.8, 4) is 0 Å². The molecule has 23 heavy (non-hydrogen) atoms. The Morgan fingerprint density at radius 1 is 1.39 bits per heavy atom. The summed E-state index contributed by atoms with van der Waals surface area (Å²) in [5.41, 5.74) is 5.33. The summed E-state index contributed by atoms with van der Waals surface area (Å²) in [4.78, 5) is 14.6. The van der Waals surface area contributed by atoms with Crippen LogP contribution >= 0.6 is 11.7 Å². The zero-order valence-corrected chi connectivity index (χ0v) is 13.5. The van der Waals surface area contributed by atoms with E-state index in [1.54, 1.807) is 0 Å². The highest BCUT2D eigenvalue weighted by Gasteiger charge is 2.23. The number of amides is 1. The fourth-order valence-corrected chi connectivity index (χ4v) is 3.34. The van der Waals surface area contributed by atoms with Gasteiger partial charge < -0.3 is 10.2 Å². The van der Waals surface area contributed by atoms with Crippen LogP contribution in [-0.2, 0) is 19.5 Å². The molecule has 0 fully saturated rings. The lowest BCUT2D eigenvalue weighted by Gasteiger charge is -2.22. The second kappa shape index (κ2) is 5.71. The molecule has 0 radical (unpaired) electrons. The average Bonchev–Trinajstić information content (AvgIpc) is 3.18. The SMILES string of the molecule is CN1CCc2[nH]nc(C(=O)NCc3ccc4nsnc4c3)c2C1. The van der Waals surface area contributed by atoms with Gasteiger partial charge in [-0.05, 0) is 24.7 Å². The third-order valence-corrected chi connectivity index (χ3v) is 4.67. The van der Waals surface area contributed by atoms with Gasteiger partial charge in [-0.3, -0.25) is 9.89 Å². The molecule has 1 aromatic carbocycles. The molecule has 3 heterocycles. The first-order chi connectivity index (χ1) is 11.2. The number of hydrogen-bond donors (Lipinski definition) is 2. The maximum absolute atomic E-state index is 12.4. The van der Waals surface area contributed by atoms with Crippen LogP contribution in [0.15, 0.2) is 18.2 Å². The molecule has 2 N–H and O–H groups in total. The van der Waals surface area contributed by atoms with E-state index in [1.165, 1.54) is 11.7 Å². The summed E-state index contributed by atoms with van der Waals surface area (Å²) in [5.74, 6) is -0.144. The second-order valence-corrected chi connectivity index (χ2v) is 6.32. The zero-order chi connectivity index (χ0) is 15.8. The third-order valence-electron chi connectivity index (χ3n) is 4.11. The topological polar surface area (TPSA) is 86.8 Å². The normalized spacial score (nSPS) is 14.8. The molecule has 0 saturated heterocycles. The van der Waals surface area contributed by atoms with Gasteiger partial charge in [-0.25, -0.2) is 0 Å². The van der Waals surface area contributed by atoms with Crippen LogP contribution in [0.3, 0.4) is 0 Å². The van der Waals surface area contributed by atoms with Crippen LogP contribution in [0.25, 0.3) is 11.0 Å². The molecule has 1 aliphatic rings. The lowest BCUT2D eigenvalue weighted by molar-refractivity contribution is 0.0944. The number of carbonyl (C=O) groups excluding carboxylic acids is 1. The molecule has 0 spiro atoms. The molecule has 118 valence electrons. The van der Waals surface area contributed by atoms with E-state index in [0.29, 0.717) is 12.2 Å². The van der Waals surface area contributed by atoms with Crippen molar-refractivity contribution in [3.05, 3.63) is 40.7 Å². The average molecular weight is 328 g/mol. The summed E-state index contributed by atoms with van der Waals surface area (Å²) in [7, 11) is 2.05. The lowest BCUT2D eigenvalue weighted by atomic mass is 10.1. The van der Waals surface area contributed by atoms with E-state index < -0.39 is 0 Å². The van der Waals surface area contributed by atoms with Gasteiger partial charge in [0.15, 0.2) is 5.69 Å². The first-order valence-corrected chi connectivity index (χ1v) is 8.18. The van der Waals surface area contributed by atoms with E-state index in [-0.39, 0.29) is 5.91 Å². The lowest BCUT2D eigenvalue weighted by Crippen LogP contribution is -2.29. The minimum atomic E-state index is -0.144. The van der Waals surface area contributed by atoms with Gasteiger partial charge in [-0.2, -0.15) is 13.8 Å². The van der Waals surface area contributed by atoms with Gasteiger partial charge >= 0.3 is 0 Å². The highest BCUT2D eigenvalue weighted by atomic mass is 32.1. The summed E-state index contributed by atoms with van der Waals surface area (Å²) >= 11 is 1.19. The van der Waals surface area contributed by atoms with Crippen molar-refractivity contribution in [1.82, 2.24) is 29.2 Å². The third kappa shape index (κ3) is 2.71. The van der Waals surface area contributed by atoms with Crippen LogP contribution in [0.5, 0.6) is 0 Å². The van der Waals surface area contributed by atoms with E-state index in [1.807, 2.05) is 18.2 Å². The molecule has 0 saturated carbocycles. The number of nitrogens with zero attached hydrogens (tertiary/aromatic N) is 4. The van der Waals surface area contributed by atoms with Crippen molar-refractivity contribution in [2.75, 3.05) is 13.6 Å². The number of hydrogen-bond acceptors (Lipinski definition) is 6. The second-order valence-electron chi connectivity index (χ2n) is 5.79. The van der Waals surface area contributed by atoms with Gasteiger partial charge in [0, 0.05) is 37.3 Å². The van der Waals surface area contributed by atoms with Gasteiger partial charge in [0.2, 0.25) is 0 Å². The molecule has 2 aromatic heterocycles.